The van der Waals surface area contributed by atoms with Crippen LogP contribution in [-0.2, 0) is 5.75 Å². The van der Waals surface area contributed by atoms with Crippen LogP contribution < -0.4 is 5.32 Å². The first-order chi connectivity index (χ1) is 16.3. The van der Waals surface area contributed by atoms with E-state index in [2.05, 4.69) is 34.3 Å². The third-order valence-electron chi connectivity index (χ3n) is 5.31. The Morgan fingerprint density at radius 1 is 1.06 bits per heavy atom. The van der Waals surface area contributed by atoms with E-state index in [0.29, 0.717) is 38.4 Å². The highest BCUT2D eigenvalue weighted by Gasteiger charge is 2.21. The van der Waals surface area contributed by atoms with Gasteiger partial charge in [-0.1, -0.05) is 73.1 Å². The first kappa shape index (κ1) is 24.7. The van der Waals surface area contributed by atoms with E-state index < -0.39 is 0 Å². The normalized spacial score (nSPS) is 12.2. The molecule has 1 unspecified atom stereocenters. The summed E-state index contributed by atoms with van der Waals surface area (Å²) in [6.07, 6.45) is 0. The molecule has 0 aliphatic rings. The number of thioether (sulfide) groups is 1. The predicted molar refractivity (Wildman–Crippen MR) is 140 cm³/mol. The predicted octanol–water partition coefficient (Wildman–Crippen LogP) is 6.76. The van der Waals surface area contributed by atoms with Gasteiger partial charge in [0.25, 0.3) is 5.91 Å². The van der Waals surface area contributed by atoms with Crippen molar-refractivity contribution in [2.45, 2.75) is 37.7 Å². The number of rotatable bonds is 8. The maximum Gasteiger partial charge on any atom is 0.270 e. The number of nitrogens with one attached hydrogen (secondary N) is 1. The van der Waals surface area contributed by atoms with Gasteiger partial charge in [-0.2, -0.15) is 0 Å². The quantitative estimate of drug-likeness (QED) is 0.254. The largest absolute Gasteiger partial charge is 0.348 e. The number of benzene rings is 2. The van der Waals surface area contributed by atoms with Crippen molar-refractivity contribution in [1.82, 2.24) is 25.1 Å². The van der Waals surface area contributed by atoms with Crippen LogP contribution in [0.5, 0.6) is 0 Å². The number of nitrogens with zero attached hydrogens (tertiary/aromatic N) is 4. The Balaban J connectivity index is 1.60. The monoisotopic (exact) mass is 531 g/mol. The van der Waals surface area contributed by atoms with Crippen molar-refractivity contribution in [2.75, 3.05) is 0 Å². The third kappa shape index (κ3) is 5.46. The van der Waals surface area contributed by atoms with Crippen molar-refractivity contribution in [2.24, 2.45) is 5.92 Å². The lowest BCUT2D eigenvalue weighted by Crippen LogP contribution is -2.36. The fraction of sp³-hybridized carbons (Fsp3) is 0.250. The molecule has 4 rings (SSSR count). The molecule has 2 heterocycles. The highest BCUT2D eigenvalue weighted by molar-refractivity contribution is 7.98. The van der Waals surface area contributed by atoms with Crippen LogP contribution in [0.3, 0.4) is 0 Å². The second-order valence-corrected chi connectivity index (χ2v) is 10.7. The maximum absolute atomic E-state index is 12.5. The van der Waals surface area contributed by atoms with E-state index >= 15 is 0 Å². The molecular formula is C24H23Cl2N5OS2. The van der Waals surface area contributed by atoms with Crippen LogP contribution in [-0.4, -0.2) is 31.7 Å². The van der Waals surface area contributed by atoms with Crippen molar-refractivity contribution in [1.29, 1.82) is 0 Å². The maximum atomic E-state index is 12.5. The number of carbonyl (C=O) groups excluding carboxylic acids is 1. The van der Waals surface area contributed by atoms with Crippen molar-refractivity contribution in [3.8, 4) is 17.1 Å². The molecule has 0 fully saturated rings. The standard InChI is InChI=1S/C24H23Cl2N5OS2/c1-14(2)15(3)27-23(32)19-12-33-21(28-19)13-34-24-30-29-22(16-8-4-5-9-17(16)25)31(24)20-11-7-6-10-18(20)26/h4-12,14-15H,13H2,1-3H3,(H,27,32). The van der Waals surface area contributed by atoms with E-state index in [0.717, 1.165) is 16.3 Å². The Bertz CT molecular complexity index is 1300. The van der Waals surface area contributed by atoms with Crippen LogP contribution in [0.1, 0.15) is 36.3 Å². The fourth-order valence-electron chi connectivity index (χ4n) is 3.09. The molecule has 0 bridgehead atoms. The molecule has 1 amide bonds. The number of carbonyl (C=O) groups is 1. The molecule has 176 valence electrons. The molecule has 0 saturated carbocycles. The fourth-order valence-corrected chi connectivity index (χ4v) is 5.26. The minimum atomic E-state index is -0.158. The summed E-state index contributed by atoms with van der Waals surface area (Å²) in [6, 6.07) is 15.1. The summed E-state index contributed by atoms with van der Waals surface area (Å²) in [6.45, 7) is 6.13. The van der Waals surface area contributed by atoms with Crippen LogP contribution in [0.2, 0.25) is 10.0 Å². The van der Waals surface area contributed by atoms with E-state index in [-0.39, 0.29) is 11.9 Å². The van der Waals surface area contributed by atoms with Crippen LogP contribution in [0.4, 0.5) is 0 Å². The smallest absolute Gasteiger partial charge is 0.270 e. The lowest BCUT2D eigenvalue weighted by molar-refractivity contribution is 0.0926. The van der Waals surface area contributed by atoms with Crippen molar-refractivity contribution in [3.05, 3.63) is 74.7 Å². The van der Waals surface area contributed by atoms with Gasteiger partial charge in [-0.25, -0.2) is 4.98 Å². The Morgan fingerprint density at radius 2 is 1.76 bits per heavy atom. The molecule has 6 nitrogen and oxygen atoms in total. The number of hydrogen-bond donors (Lipinski definition) is 1. The summed E-state index contributed by atoms with van der Waals surface area (Å²) in [5.41, 5.74) is 1.95. The molecule has 2 aromatic carbocycles. The Morgan fingerprint density at radius 3 is 2.47 bits per heavy atom. The number of amides is 1. The number of para-hydroxylation sites is 1. The van der Waals surface area contributed by atoms with Gasteiger partial charge in [-0.15, -0.1) is 21.5 Å². The average molecular weight is 533 g/mol. The van der Waals surface area contributed by atoms with Gasteiger partial charge >= 0.3 is 0 Å². The molecule has 0 saturated heterocycles. The molecular weight excluding hydrogens is 509 g/mol. The van der Waals surface area contributed by atoms with E-state index in [1.165, 1.54) is 23.1 Å². The lowest BCUT2D eigenvalue weighted by atomic mass is 10.1. The Labute approximate surface area is 216 Å². The molecule has 1 atom stereocenters. The van der Waals surface area contributed by atoms with Crippen molar-refractivity contribution >= 4 is 52.2 Å². The highest BCUT2D eigenvalue weighted by Crippen LogP contribution is 2.35. The summed E-state index contributed by atoms with van der Waals surface area (Å²) >= 11 is 15.9. The summed E-state index contributed by atoms with van der Waals surface area (Å²) in [5, 5.41) is 16.2. The topological polar surface area (TPSA) is 72.7 Å². The van der Waals surface area contributed by atoms with Gasteiger partial charge in [0, 0.05) is 17.0 Å². The van der Waals surface area contributed by atoms with Gasteiger partial charge in [0.15, 0.2) is 11.0 Å². The third-order valence-corrected chi connectivity index (χ3v) is 7.93. The zero-order valence-corrected chi connectivity index (χ0v) is 22.0. The van der Waals surface area contributed by atoms with Crippen molar-refractivity contribution < 1.29 is 4.79 Å². The van der Waals surface area contributed by atoms with Gasteiger partial charge in [-0.3, -0.25) is 9.36 Å². The number of hydrogen-bond acceptors (Lipinski definition) is 6. The van der Waals surface area contributed by atoms with Crippen LogP contribution in [0.25, 0.3) is 17.1 Å². The molecule has 2 aromatic heterocycles. The van der Waals surface area contributed by atoms with Crippen molar-refractivity contribution in [3.63, 3.8) is 0 Å². The Hall–Kier alpha value is -2.39. The van der Waals surface area contributed by atoms with Gasteiger partial charge in [0.1, 0.15) is 10.7 Å². The van der Waals surface area contributed by atoms with Gasteiger partial charge in [0.05, 0.1) is 21.5 Å². The van der Waals surface area contributed by atoms with Gasteiger partial charge in [0.2, 0.25) is 0 Å². The second-order valence-electron chi connectivity index (χ2n) is 7.99. The summed E-state index contributed by atoms with van der Waals surface area (Å²) in [7, 11) is 0. The molecule has 10 heteroatoms. The molecule has 34 heavy (non-hydrogen) atoms. The van der Waals surface area contributed by atoms with E-state index in [9.17, 15) is 4.79 Å². The van der Waals surface area contributed by atoms with Gasteiger partial charge in [-0.05, 0) is 37.1 Å². The minimum absolute atomic E-state index is 0.0735. The lowest BCUT2D eigenvalue weighted by Gasteiger charge is -2.16. The average Bonchev–Trinajstić information content (AvgIpc) is 3.45. The molecule has 0 radical (unpaired) electrons. The number of aromatic nitrogens is 4. The van der Waals surface area contributed by atoms with E-state index in [1.54, 1.807) is 5.38 Å². The zero-order valence-electron chi connectivity index (χ0n) is 18.8. The molecule has 0 spiro atoms. The Kier molecular flexibility index (Phi) is 7.93. The SMILES string of the molecule is CC(C)C(C)NC(=O)c1csc(CSc2nnc(-c3ccccc3Cl)n2-c2ccccc2Cl)n1. The first-order valence-corrected chi connectivity index (χ1v) is 13.3. The van der Waals surface area contributed by atoms with Crippen LogP contribution in [0, 0.1) is 5.92 Å². The van der Waals surface area contributed by atoms with E-state index in [1.807, 2.05) is 60.0 Å². The number of halogens is 2. The first-order valence-electron chi connectivity index (χ1n) is 10.7. The van der Waals surface area contributed by atoms with Gasteiger partial charge < -0.3 is 5.32 Å². The minimum Gasteiger partial charge on any atom is -0.348 e. The van der Waals surface area contributed by atoms with Crippen LogP contribution >= 0.6 is 46.3 Å². The summed E-state index contributed by atoms with van der Waals surface area (Å²) in [5.74, 6) is 1.32. The second kappa shape index (κ2) is 10.9. The highest BCUT2D eigenvalue weighted by atomic mass is 35.5. The summed E-state index contributed by atoms with van der Waals surface area (Å²) in [4.78, 5) is 17.0. The molecule has 4 aromatic rings. The number of thiazole rings is 1. The van der Waals surface area contributed by atoms with Crippen LogP contribution in [0.15, 0.2) is 59.1 Å². The van der Waals surface area contributed by atoms with E-state index in [4.69, 9.17) is 23.2 Å². The molecule has 0 aliphatic carbocycles. The molecule has 1 N–H and O–H groups in total. The summed E-state index contributed by atoms with van der Waals surface area (Å²) < 4.78 is 1.90. The zero-order chi connectivity index (χ0) is 24.2. The molecule has 0 aliphatic heterocycles.